The summed E-state index contributed by atoms with van der Waals surface area (Å²) in [6.45, 7) is 2.70. The molecule has 1 saturated heterocycles. The van der Waals surface area contributed by atoms with Crippen LogP contribution in [0, 0.1) is 0 Å². The Kier molecular flexibility index (Phi) is 4.96. The number of likely N-dealkylation sites (N-methyl/N-ethyl adjacent to an activating group) is 1. The fourth-order valence-electron chi connectivity index (χ4n) is 2.15. The maximum absolute atomic E-state index is 12.5. The zero-order valence-electron chi connectivity index (χ0n) is 12.0. The minimum absolute atomic E-state index is 0.0870. The Morgan fingerprint density at radius 1 is 1.62 bits per heavy atom. The molecule has 8 nitrogen and oxygen atoms in total. The predicted octanol–water partition coefficient (Wildman–Crippen LogP) is 0.386. The Balaban J connectivity index is 2.18. The van der Waals surface area contributed by atoms with E-state index in [0.29, 0.717) is 6.61 Å². The van der Waals surface area contributed by atoms with E-state index in [0.717, 1.165) is 19.0 Å². The number of aromatic nitrogens is 2. The lowest BCUT2D eigenvalue weighted by molar-refractivity contribution is 0.0521. The number of nitrogens with one attached hydrogen (secondary N) is 1. The van der Waals surface area contributed by atoms with Crippen LogP contribution in [-0.2, 0) is 19.5 Å². The van der Waals surface area contributed by atoms with Gasteiger partial charge in [-0.05, 0) is 19.8 Å². The molecule has 0 saturated carbocycles. The van der Waals surface area contributed by atoms with E-state index in [1.54, 1.807) is 6.92 Å². The summed E-state index contributed by atoms with van der Waals surface area (Å²) >= 11 is 0. The number of aromatic amines is 1. The number of carbonyl (C=O) groups excluding carboxylic acids is 1. The van der Waals surface area contributed by atoms with Gasteiger partial charge in [0.1, 0.15) is 5.56 Å². The van der Waals surface area contributed by atoms with Crippen molar-refractivity contribution in [2.45, 2.75) is 30.9 Å². The van der Waals surface area contributed by atoms with Gasteiger partial charge in [-0.3, -0.25) is 5.10 Å². The molecule has 118 valence electrons. The van der Waals surface area contributed by atoms with Gasteiger partial charge in [-0.2, -0.15) is 9.40 Å². The van der Waals surface area contributed by atoms with Gasteiger partial charge in [0.05, 0.1) is 18.9 Å². The average Bonchev–Trinajstić information content (AvgIpc) is 3.09. The van der Waals surface area contributed by atoms with E-state index in [1.807, 2.05) is 0 Å². The third-order valence-corrected chi connectivity index (χ3v) is 5.05. The number of sulfonamides is 1. The Labute approximate surface area is 123 Å². The lowest BCUT2D eigenvalue weighted by atomic mass is 10.2. The SMILES string of the molecule is CCOC(=O)c1cn[nH]c1S(=O)(=O)N(C)CC1CCCO1. The second-order valence-electron chi connectivity index (χ2n) is 4.75. The third-order valence-electron chi connectivity index (χ3n) is 3.25. The van der Waals surface area contributed by atoms with Crippen molar-refractivity contribution < 1.29 is 22.7 Å². The van der Waals surface area contributed by atoms with E-state index in [2.05, 4.69) is 10.2 Å². The van der Waals surface area contributed by atoms with Crippen LogP contribution < -0.4 is 0 Å². The highest BCUT2D eigenvalue weighted by Crippen LogP contribution is 2.20. The predicted molar refractivity (Wildman–Crippen MR) is 73.3 cm³/mol. The van der Waals surface area contributed by atoms with Crippen molar-refractivity contribution in [3.05, 3.63) is 11.8 Å². The first-order valence-corrected chi connectivity index (χ1v) is 8.19. The van der Waals surface area contributed by atoms with Gasteiger partial charge < -0.3 is 9.47 Å². The Morgan fingerprint density at radius 3 is 3.00 bits per heavy atom. The zero-order chi connectivity index (χ0) is 15.5. The van der Waals surface area contributed by atoms with Gasteiger partial charge in [-0.15, -0.1) is 0 Å². The molecular weight excluding hydrogens is 298 g/mol. The fourth-order valence-corrected chi connectivity index (χ4v) is 3.41. The van der Waals surface area contributed by atoms with Crippen molar-refractivity contribution in [2.24, 2.45) is 0 Å². The lowest BCUT2D eigenvalue weighted by Gasteiger charge is -2.20. The summed E-state index contributed by atoms with van der Waals surface area (Å²) < 4.78 is 36.4. The number of rotatable bonds is 6. The van der Waals surface area contributed by atoms with Gasteiger partial charge in [0.2, 0.25) is 0 Å². The van der Waals surface area contributed by atoms with Gasteiger partial charge in [-0.1, -0.05) is 0 Å². The van der Waals surface area contributed by atoms with Crippen LogP contribution in [0.4, 0.5) is 0 Å². The number of hydrogen-bond donors (Lipinski definition) is 1. The number of carbonyl (C=O) groups is 1. The highest BCUT2D eigenvalue weighted by Gasteiger charge is 2.31. The highest BCUT2D eigenvalue weighted by atomic mass is 32.2. The molecule has 1 aromatic heterocycles. The molecule has 0 spiro atoms. The van der Waals surface area contributed by atoms with Crippen LogP contribution in [0.5, 0.6) is 0 Å². The normalized spacial score (nSPS) is 19.1. The van der Waals surface area contributed by atoms with Crippen LogP contribution in [0.15, 0.2) is 11.2 Å². The molecule has 0 aliphatic carbocycles. The van der Waals surface area contributed by atoms with Gasteiger partial charge in [0.15, 0.2) is 5.03 Å². The summed E-state index contributed by atoms with van der Waals surface area (Å²) in [5.41, 5.74) is -0.0870. The highest BCUT2D eigenvalue weighted by molar-refractivity contribution is 7.89. The van der Waals surface area contributed by atoms with Crippen LogP contribution in [0.1, 0.15) is 30.1 Å². The Hall–Kier alpha value is -1.45. The molecule has 9 heteroatoms. The minimum atomic E-state index is -3.84. The van der Waals surface area contributed by atoms with Crippen molar-refractivity contribution in [2.75, 3.05) is 26.8 Å². The number of H-pyrrole nitrogens is 1. The van der Waals surface area contributed by atoms with E-state index < -0.39 is 16.0 Å². The Morgan fingerprint density at radius 2 is 2.38 bits per heavy atom. The van der Waals surface area contributed by atoms with Crippen LogP contribution in [-0.4, -0.2) is 61.8 Å². The summed E-state index contributed by atoms with van der Waals surface area (Å²) in [5.74, 6) is -0.713. The Bertz CT molecular complexity index is 592. The second kappa shape index (κ2) is 6.54. The van der Waals surface area contributed by atoms with E-state index in [-0.39, 0.29) is 29.8 Å². The van der Waals surface area contributed by atoms with Gasteiger partial charge in [-0.25, -0.2) is 13.2 Å². The summed E-state index contributed by atoms with van der Waals surface area (Å²) in [6.07, 6.45) is 2.80. The molecule has 0 aromatic carbocycles. The van der Waals surface area contributed by atoms with Crippen LogP contribution >= 0.6 is 0 Å². The molecule has 1 N–H and O–H groups in total. The monoisotopic (exact) mass is 317 g/mol. The zero-order valence-corrected chi connectivity index (χ0v) is 12.9. The molecule has 1 aromatic rings. The minimum Gasteiger partial charge on any atom is -0.462 e. The van der Waals surface area contributed by atoms with E-state index in [1.165, 1.54) is 11.4 Å². The van der Waals surface area contributed by atoms with Crippen LogP contribution in [0.2, 0.25) is 0 Å². The third kappa shape index (κ3) is 3.42. The standard InChI is InChI=1S/C12H19N3O5S/c1-3-19-12(16)10-7-13-14-11(10)21(17,18)15(2)8-9-5-4-6-20-9/h7,9H,3-6,8H2,1-2H3,(H,13,14). The number of ether oxygens (including phenoxy) is 2. The molecule has 2 rings (SSSR count). The molecule has 1 unspecified atom stereocenters. The van der Waals surface area contributed by atoms with E-state index in [9.17, 15) is 13.2 Å². The molecule has 1 aliphatic rings. The molecule has 1 atom stereocenters. The second-order valence-corrected chi connectivity index (χ2v) is 6.74. The maximum Gasteiger partial charge on any atom is 0.342 e. The van der Waals surface area contributed by atoms with Gasteiger partial charge in [0, 0.05) is 20.2 Å². The quantitative estimate of drug-likeness (QED) is 0.761. The summed E-state index contributed by atoms with van der Waals surface area (Å²) in [4.78, 5) is 11.8. The topological polar surface area (TPSA) is 102 Å². The van der Waals surface area contributed by atoms with Crippen molar-refractivity contribution in [1.82, 2.24) is 14.5 Å². The molecule has 1 aliphatic heterocycles. The van der Waals surface area contributed by atoms with E-state index >= 15 is 0 Å². The smallest absolute Gasteiger partial charge is 0.342 e. The van der Waals surface area contributed by atoms with Gasteiger partial charge >= 0.3 is 5.97 Å². The molecule has 21 heavy (non-hydrogen) atoms. The van der Waals surface area contributed by atoms with Crippen molar-refractivity contribution >= 4 is 16.0 Å². The first-order valence-electron chi connectivity index (χ1n) is 6.75. The van der Waals surface area contributed by atoms with Crippen molar-refractivity contribution in [3.8, 4) is 0 Å². The maximum atomic E-state index is 12.5. The van der Waals surface area contributed by atoms with Crippen LogP contribution in [0.3, 0.4) is 0 Å². The number of nitrogens with zero attached hydrogens (tertiary/aromatic N) is 2. The number of esters is 1. The molecule has 0 bridgehead atoms. The molecule has 0 amide bonds. The summed E-state index contributed by atoms with van der Waals surface area (Å²) in [6, 6.07) is 0. The fraction of sp³-hybridized carbons (Fsp3) is 0.667. The summed E-state index contributed by atoms with van der Waals surface area (Å²) in [5, 5.41) is 5.76. The first kappa shape index (κ1) is 15.9. The molecule has 2 heterocycles. The van der Waals surface area contributed by atoms with E-state index in [4.69, 9.17) is 9.47 Å². The van der Waals surface area contributed by atoms with Crippen molar-refractivity contribution in [1.29, 1.82) is 0 Å². The summed E-state index contributed by atoms with van der Waals surface area (Å²) in [7, 11) is -2.39. The molecule has 0 radical (unpaired) electrons. The van der Waals surface area contributed by atoms with Crippen molar-refractivity contribution in [3.63, 3.8) is 0 Å². The molecular formula is C12H19N3O5S. The lowest BCUT2D eigenvalue weighted by Crippen LogP contribution is -2.35. The van der Waals surface area contributed by atoms with Gasteiger partial charge in [0.25, 0.3) is 10.0 Å². The average molecular weight is 317 g/mol. The van der Waals surface area contributed by atoms with Crippen LogP contribution in [0.25, 0.3) is 0 Å². The first-order chi connectivity index (χ1) is 9.96. The largest absolute Gasteiger partial charge is 0.462 e. The molecule has 1 fully saturated rings. The number of hydrogen-bond acceptors (Lipinski definition) is 6.